The Balaban J connectivity index is 1.52. The molecule has 1 aliphatic heterocycles. The highest BCUT2D eigenvalue weighted by atomic mass is 16.2. The first-order valence-corrected chi connectivity index (χ1v) is 8.74. The lowest BCUT2D eigenvalue weighted by Crippen LogP contribution is -2.44. The lowest BCUT2D eigenvalue weighted by atomic mass is 9.82. The van der Waals surface area contributed by atoms with Crippen molar-refractivity contribution >= 4 is 11.8 Å². The minimum Gasteiger partial charge on any atom is -0.305 e. The third-order valence-corrected chi connectivity index (χ3v) is 5.57. The highest BCUT2D eigenvalue weighted by Crippen LogP contribution is 2.30. The molecule has 0 spiro atoms. The van der Waals surface area contributed by atoms with E-state index in [9.17, 15) is 9.59 Å². The van der Waals surface area contributed by atoms with Crippen LogP contribution in [0.4, 0.5) is 0 Å². The fourth-order valence-corrected chi connectivity index (χ4v) is 4.41. The van der Waals surface area contributed by atoms with Gasteiger partial charge in [-0.05, 0) is 44.1 Å². The molecule has 1 N–H and O–H groups in total. The molecule has 2 saturated carbocycles. The average molecular weight is 292 g/mol. The van der Waals surface area contributed by atoms with Crippen LogP contribution in [0.3, 0.4) is 0 Å². The van der Waals surface area contributed by atoms with E-state index in [1.807, 2.05) is 0 Å². The zero-order valence-electron chi connectivity index (χ0n) is 13.1. The van der Waals surface area contributed by atoms with Crippen LogP contribution < -0.4 is 5.32 Å². The van der Waals surface area contributed by atoms with Crippen LogP contribution in [0.5, 0.6) is 0 Å². The van der Waals surface area contributed by atoms with Crippen LogP contribution in [0.15, 0.2) is 0 Å². The number of nitrogens with one attached hydrogen (secondary N) is 1. The number of carbonyl (C=O) groups excluding carboxylic acids is 2. The summed E-state index contributed by atoms with van der Waals surface area (Å²) in [6, 6.07) is -0.0677. The number of likely N-dealkylation sites (tertiary alicyclic amines) is 1. The molecular weight excluding hydrogens is 264 g/mol. The van der Waals surface area contributed by atoms with E-state index in [0.717, 1.165) is 38.1 Å². The van der Waals surface area contributed by atoms with Crippen LogP contribution in [-0.2, 0) is 9.59 Å². The molecule has 2 aliphatic carbocycles. The van der Waals surface area contributed by atoms with Crippen molar-refractivity contribution in [1.29, 1.82) is 0 Å². The van der Waals surface area contributed by atoms with Gasteiger partial charge in [-0.2, -0.15) is 0 Å². The van der Waals surface area contributed by atoms with Crippen molar-refractivity contribution < 1.29 is 9.59 Å². The van der Waals surface area contributed by atoms with Gasteiger partial charge in [-0.3, -0.25) is 14.5 Å². The van der Waals surface area contributed by atoms with Gasteiger partial charge in [-0.15, -0.1) is 0 Å². The molecule has 3 fully saturated rings. The van der Waals surface area contributed by atoms with Crippen LogP contribution in [0.2, 0.25) is 0 Å². The largest absolute Gasteiger partial charge is 0.305 e. The van der Waals surface area contributed by atoms with Gasteiger partial charge < -0.3 is 5.32 Å². The second-order valence-electron chi connectivity index (χ2n) is 7.34. The summed E-state index contributed by atoms with van der Waals surface area (Å²) in [6.07, 6.45) is 9.85. The van der Waals surface area contributed by atoms with E-state index in [2.05, 4.69) is 12.2 Å². The van der Waals surface area contributed by atoms with Crippen molar-refractivity contribution in [2.24, 2.45) is 11.8 Å². The second-order valence-corrected chi connectivity index (χ2v) is 7.34. The summed E-state index contributed by atoms with van der Waals surface area (Å²) in [5.41, 5.74) is 0. The summed E-state index contributed by atoms with van der Waals surface area (Å²) in [5, 5.41) is 3.39. The Morgan fingerprint density at radius 3 is 2.57 bits per heavy atom. The number of amides is 2. The Morgan fingerprint density at radius 1 is 1.10 bits per heavy atom. The molecule has 0 aromatic heterocycles. The van der Waals surface area contributed by atoms with Crippen molar-refractivity contribution in [3.8, 4) is 0 Å². The SMILES string of the molecule is CC1CCCC(CNC2CC(=O)N(C3CCCC3)C2=O)C1. The van der Waals surface area contributed by atoms with Gasteiger partial charge in [0, 0.05) is 6.04 Å². The molecule has 3 unspecified atom stereocenters. The quantitative estimate of drug-likeness (QED) is 0.810. The molecule has 4 heteroatoms. The zero-order valence-corrected chi connectivity index (χ0v) is 13.1. The van der Waals surface area contributed by atoms with Crippen molar-refractivity contribution in [2.75, 3.05) is 6.54 Å². The number of carbonyl (C=O) groups is 2. The second kappa shape index (κ2) is 6.47. The van der Waals surface area contributed by atoms with Gasteiger partial charge in [-0.25, -0.2) is 0 Å². The number of hydrogen-bond donors (Lipinski definition) is 1. The topological polar surface area (TPSA) is 49.4 Å². The van der Waals surface area contributed by atoms with E-state index in [4.69, 9.17) is 0 Å². The standard InChI is InChI=1S/C17H28N2O2/c1-12-5-4-6-13(9-12)11-18-15-10-16(20)19(17(15)21)14-7-2-3-8-14/h12-15,18H,2-11H2,1H3. The summed E-state index contributed by atoms with van der Waals surface area (Å²) in [5.74, 6) is 1.57. The molecule has 4 nitrogen and oxygen atoms in total. The molecule has 21 heavy (non-hydrogen) atoms. The Morgan fingerprint density at radius 2 is 1.86 bits per heavy atom. The third kappa shape index (κ3) is 3.31. The van der Waals surface area contributed by atoms with Crippen molar-refractivity contribution in [2.45, 2.75) is 76.8 Å². The molecule has 0 radical (unpaired) electrons. The maximum atomic E-state index is 12.5. The number of hydrogen-bond acceptors (Lipinski definition) is 3. The van der Waals surface area contributed by atoms with E-state index in [-0.39, 0.29) is 23.9 Å². The van der Waals surface area contributed by atoms with E-state index >= 15 is 0 Å². The Kier molecular flexibility index (Phi) is 4.63. The molecular formula is C17H28N2O2. The minimum atomic E-state index is -0.254. The summed E-state index contributed by atoms with van der Waals surface area (Å²) in [6.45, 7) is 3.21. The summed E-state index contributed by atoms with van der Waals surface area (Å²) in [4.78, 5) is 26.2. The molecule has 2 amide bonds. The van der Waals surface area contributed by atoms with Crippen molar-refractivity contribution in [3.05, 3.63) is 0 Å². The Labute approximate surface area is 127 Å². The van der Waals surface area contributed by atoms with Gasteiger partial charge in [0.1, 0.15) is 0 Å². The fraction of sp³-hybridized carbons (Fsp3) is 0.882. The maximum absolute atomic E-state index is 12.5. The fourth-order valence-electron chi connectivity index (χ4n) is 4.41. The highest BCUT2D eigenvalue weighted by molar-refractivity contribution is 6.05. The Hall–Kier alpha value is -0.900. The minimum absolute atomic E-state index is 0.0377. The predicted octanol–water partition coefficient (Wildman–Crippen LogP) is 2.47. The molecule has 0 aromatic rings. The van der Waals surface area contributed by atoms with Crippen LogP contribution in [0.25, 0.3) is 0 Å². The predicted molar refractivity (Wildman–Crippen MR) is 81.6 cm³/mol. The van der Waals surface area contributed by atoms with Crippen molar-refractivity contribution in [3.63, 3.8) is 0 Å². The number of nitrogens with zero attached hydrogens (tertiary/aromatic N) is 1. The van der Waals surface area contributed by atoms with Crippen molar-refractivity contribution in [1.82, 2.24) is 10.2 Å². The molecule has 3 atom stereocenters. The molecule has 3 rings (SSSR count). The molecule has 118 valence electrons. The normalized spacial score (nSPS) is 34.9. The first-order chi connectivity index (χ1) is 10.1. The van der Waals surface area contributed by atoms with Crippen LogP contribution in [-0.4, -0.2) is 35.3 Å². The van der Waals surface area contributed by atoms with Crippen LogP contribution in [0.1, 0.15) is 64.7 Å². The molecule has 0 aromatic carbocycles. The number of imide groups is 1. The molecule has 3 aliphatic rings. The monoisotopic (exact) mass is 292 g/mol. The lowest BCUT2D eigenvalue weighted by Gasteiger charge is -2.28. The van der Waals surface area contributed by atoms with Gasteiger partial charge in [0.2, 0.25) is 11.8 Å². The molecule has 0 bridgehead atoms. The van der Waals surface area contributed by atoms with E-state index < -0.39 is 0 Å². The van der Waals surface area contributed by atoms with Gasteiger partial charge in [-0.1, -0.05) is 32.6 Å². The first-order valence-electron chi connectivity index (χ1n) is 8.74. The smallest absolute Gasteiger partial charge is 0.247 e. The summed E-state index contributed by atoms with van der Waals surface area (Å²) >= 11 is 0. The first kappa shape index (κ1) is 15.0. The summed E-state index contributed by atoms with van der Waals surface area (Å²) in [7, 11) is 0. The molecule has 1 heterocycles. The zero-order chi connectivity index (χ0) is 14.8. The maximum Gasteiger partial charge on any atom is 0.247 e. The van der Waals surface area contributed by atoms with E-state index in [1.54, 1.807) is 4.90 Å². The van der Waals surface area contributed by atoms with Crippen LogP contribution in [0, 0.1) is 11.8 Å². The highest BCUT2D eigenvalue weighted by Gasteiger charge is 2.42. The van der Waals surface area contributed by atoms with Gasteiger partial charge >= 0.3 is 0 Å². The average Bonchev–Trinajstić information content (AvgIpc) is 3.05. The van der Waals surface area contributed by atoms with E-state index in [1.165, 1.54) is 25.7 Å². The van der Waals surface area contributed by atoms with E-state index in [0.29, 0.717) is 12.3 Å². The van der Waals surface area contributed by atoms with Gasteiger partial charge in [0.15, 0.2) is 0 Å². The van der Waals surface area contributed by atoms with Gasteiger partial charge in [0.25, 0.3) is 0 Å². The summed E-state index contributed by atoms with van der Waals surface area (Å²) < 4.78 is 0. The Bertz CT molecular complexity index is 404. The molecule has 1 saturated heterocycles. The van der Waals surface area contributed by atoms with Crippen LogP contribution >= 0.6 is 0 Å². The number of rotatable bonds is 4. The van der Waals surface area contributed by atoms with Gasteiger partial charge in [0.05, 0.1) is 12.5 Å². The lowest BCUT2D eigenvalue weighted by molar-refractivity contribution is -0.141. The third-order valence-electron chi connectivity index (χ3n) is 5.57.